The molecular weight excluding hydrogens is 174 g/mol. The lowest BCUT2D eigenvalue weighted by Gasteiger charge is -2.04. The maximum atomic E-state index is 5.47. The van der Waals surface area contributed by atoms with Crippen LogP contribution in [0.1, 0.15) is 5.56 Å². The number of rotatable bonds is 7. The molecular formula is C12H17NO. The molecule has 1 rings (SSSR count). The lowest BCUT2D eigenvalue weighted by molar-refractivity contribution is 0.123. The van der Waals surface area contributed by atoms with Crippen molar-refractivity contribution in [1.82, 2.24) is 5.32 Å². The summed E-state index contributed by atoms with van der Waals surface area (Å²) in [6, 6.07) is 10.2. The van der Waals surface area contributed by atoms with E-state index in [2.05, 4.69) is 24.0 Å². The summed E-state index contributed by atoms with van der Waals surface area (Å²) in [6.07, 6.45) is 1.84. The summed E-state index contributed by atoms with van der Waals surface area (Å²) in [4.78, 5) is 0. The zero-order valence-electron chi connectivity index (χ0n) is 8.41. The molecule has 0 aliphatic carbocycles. The number of ether oxygens (including phenoxy) is 1. The van der Waals surface area contributed by atoms with E-state index in [-0.39, 0.29) is 0 Å². The molecule has 0 saturated heterocycles. The first-order valence-corrected chi connectivity index (χ1v) is 4.87. The molecule has 0 spiro atoms. The molecule has 0 unspecified atom stereocenters. The number of nitrogens with one attached hydrogen (secondary N) is 1. The van der Waals surface area contributed by atoms with Gasteiger partial charge in [0.1, 0.15) is 0 Å². The Morgan fingerprint density at radius 1 is 1.29 bits per heavy atom. The van der Waals surface area contributed by atoms with Crippen molar-refractivity contribution in [2.45, 2.75) is 6.61 Å². The molecule has 0 fully saturated rings. The minimum Gasteiger partial charge on any atom is -0.375 e. The minimum atomic E-state index is 0.691. The summed E-state index contributed by atoms with van der Waals surface area (Å²) in [5, 5.41) is 3.18. The predicted octanol–water partition coefficient (Wildman–Crippen LogP) is 1.98. The van der Waals surface area contributed by atoms with Crippen LogP contribution in [-0.4, -0.2) is 19.7 Å². The first kappa shape index (κ1) is 11.0. The van der Waals surface area contributed by atoms with Crippen LogP contribution in [0.2, 0.25) is 0 Å². The summed E-state index contributed by atoms with van der Waals surface area (Å²) in [5.74, 6) is 0. The van der Waals surface area contributed by atoms with E-state index in [4.69, 9.17) is 4.74 Å². The van der Waals surface area contributed by atoms with Crippen molar-refractivity contribution in [3.05, 3.63) is 48.6 Å². The van der Waals surface area contributed by atoms with Crippen molar-refractivity contribution in [2.75, 3.05) is 19.7 Å². The van der Waals surface area contributed by atoms with E-state index < -0.39 is 0 Å². The van der Waals surface area contributed by atoms with Crippen molar-refractivity contribution < 1.29 is 4.74 Å². The normalized spacial score (nSPS) is 10.0. The van der Waals surface area contributed by atoms with Crippen molar-refractivity contribution in [3.63, 3.8) is 0 Å². The SMILES string of the molecule is C=CCNCCOCc1ccccc1. The van der Waals surface area contributed by atoms with Gasteiger partial charge in [-0.3, -0.25) is 0 Å². The molecule has 0 atom stereocenters. The zero-order chi connectivity index (χ0) is 10.1. The minimum absolute atomic E-state index is 0.691. The Hall–Kier alpha value is -1.12. The van der Waals surface area contributed by atoms with Gasteiger partial charge < -0.3 is 10.1 Å². The van der Waals surface area contributed by atoms with Crippen LogP contribution >= 0.6 is 0 Å². The van der Waals surface area contributed by atoms with Gasteiger partial charge in [-0.05, 0) is 5.56 Å². The van der Waals surface area contributed by atoms with Gasteiger partial charge in [-0.25, -0.2) is 0 Å². The largest absolute Gasteiger partial charge is 0.375 e. The highest BCUT2D eigenvalue weighted by atomic mass is 16.5. The lowest BCUT2D eigenvalue weighted by Crippen LogP contribution is -2.19. The van der Waals surface area contributed by atoms with Gasteiger partial charge in [0, 0.05) is 13.1 Å². The molecule has 0 aromatic heterocycles. The Morgan fingerprint density at radius 3 is 2.79 bits per heavy atom. The first-order valence-electron chi connectivity index (χ1n) is 4.87. The molecule has 0 saturated carbocycles. The van der Waals surface area contributed by atoms with Crippen LogP contribution in [0.3, 0.4) is 0 Å². The fourth-order valence-corrected chi connectivity index (χ4v) is 1.11. The van der Waals surface area contributed by atoms with Crippen LogP contribution in [0.5, 0.6) is 0 Å². The molecule has 0 amide bonds. The van der Waals surface area contributed by atoms with Crippen molar-refractivity contribution in [3.8, 4) is 0 Å². The maximum absolute atomic E-state index is 5.47. The van der Waals surface area contributed by atoms with E-state index in [1.54, 1.807) is 0 Å². The molecule has 1 N–H and O–H groups in total. The average Bonchev–Trinajstić information content (AvgIpc) is 2.25. The van der Waals surface area contributed by atoms with Gasteiger partial charge in [0.15, 0.2) is 0 Å². The van der Waals surface area contributed by atoms with Crippen LogP contribution in [0.4, 0.5) is 0 Å². The Labute approximate surface area is 85.6 Å². The van der Waals surface area contributed by atoms with Crippen LogP contribution in [0, 0.1) is 0 Å². The Morgan fingerprint density at radius 2 is 2.07 bits per heavy atom. The van der Waals surface area contributed by atoms with Gasteiger partial charge in [-0.1, -0.05) is 36.4 Å². The van der Waals surface area contributed by atoms with E-state index in [1.165, 1.54) is 5.56 Å². The summed E-state index contributed by atoms with van der Waals surface area (Å²) in [6.45, 7) is 6.77. The smallest absolute Gasteiger partial charge is 0.0717 e. The summed E-state index contributed by atoms with van der Waals surface area (Å²) in [7, 11) is 0. The molecule has 76 valence electrons. The molecule has 2 heteroatoms. The molecule has 1 aromatic carbocycles. The molecule has 0 radical (unpaired) electrons. The van der Waals surface area contributed by atoms with Gasteiger partial charge in [0.25, 0.3) is 0 Å². The molecule has 0 aliphatic heterocycles. The topological polar surface area (TPSA) is 21.3 Å². The third-order valence-corrected chi connectivity index (χ3v) is 1.82. The molecule has 0 aliphatic rings. The standard InChI is InChI=1S/C12H17NO/c1-2-8-13-9-10-14-11-12-6-4-3-5-7-12/h2-7,13H,1,8-11H2. The van der Waals surface area contributed by atoms with Crippen LogP contribution in [0.15, 0.2) is 43.0 Å². The van der Waals surface area contributed by atoms with Crippen molar-refractivity contribution >= 4 is 0 Å². The van der Waals surface area contributed by atoms with Crippen molar-refractivity contribution in [2.24, 2.45) is 0 Å². The molecule has 1 aromatic rings. The second kappa shape index (κ2) is 7.30. The second-order valence-corrected chi connectivity index (χ2v) is 3.03. The Bertz CT molecular complexity index is 246. The van der Waals surface area contributed by atoms with E-state index in [1.807, 2.05) is 24.3 Å². The van der Waals surface area contributed by atoms with E-state index in [9.17, 15) is 0 Å². The fraction of sp³-hybridized carbons (Fsp3) is 0.333. The fourth-order valence-electron chi connectivity index (χ4n) is 1.11. The van der Waals surface area contributed by atoms with Gasteiger partial charge >= 0.3 is 0 Å². The van der Waals surface area contributed by atoms with Gasteiger partial charge in [-0.15, -0.1) is 6.58 Å². The quantitative estimate of drug-likeness (QED) is 0.525. The van der Waals surface area contributed by atoms with Gasteiger partial charge in [-0.2, -0.15) is 0 Å². The highest BCUT2D eigenvalue weighted by molar-refractivity contribution is 5.13. The van der Waals surface area contributed by atoms with Gasteiger partial charge in [0.05, 0.1) is 13.2 Å². The van der Waals surface area contributed by atoms with Crippen LogP contribution in [-0.2, 0) is 11.3 Å². The summed E-state index contributed by atoms with van der Waals surface area (Å²) >= 11 is 0. The summed E-state index contributed by atoms with van der Waals surface area (Å²) in [5.41, 5.74) is 1.22. The lowest BCUT2D eigenvalue weighted by atomic mass is 10.2. The average molecular weight is 191 g/mol. The molecule has 2 nitrogen and oxygen atoms in total. The molecule has 0 bridgehead atoms. The van der Waals surface area contributed by atoms with Crippen LogP contribution in [0.25, 0.3) is 0 Å². The predicted molar refractivity (Wildman–Crippen MR) is 59.2 cm³/mol. The van der Waals surface area contributed by atoms with E-state index in [0.717, 1.165) is 19.7 Å². The van der Waals surface area contributed by atoms with Crippen LogP contribution < -0.4 is 5.32 Å². The summed E-state index contributed by atoms with van der Waals surface area (Å²) < 4.78 is 5.47. The first-order chi connectivity index (χ1) is 6.93. The number of benzene rings is 1. The maximum Gasteiger partial charge on any atom is 0.0717 e. The third kappa shape index (κ3) is 4.80. The highest BCUT2D eigenvalue weighted by Crippen LogP contribution is 1.99. The third-order valence-electron chi connectivity index (χ3n) is 1.82. The Kier molecular flexibility index (Phi) is 5.71. The highest BCUT2D eigenvalue weighted by Gasteiger charge is 1.90. The zero-order valence-corrected chi connectivity index (χ0v) is 8.41. The van der Waals surface area contributed by atoms with Gasteiger partial charge in [0.2, 0.25) is 0 Å². The number of hydrogen-bond acceptors (Lipinski definition) is 2. The van der Waals surface area contributed by atoms with Crippen molar-refractivity contribution in [1.29, 1.82) is 0 Å². The molecule has 0 heterocycles. The monoisotopic (exact) mass is 191 g/mol. The van der Waals surface area contributed by atoms with E-state index >= 15 is 0 Å². The molecule has 14 heavy (non-hydrogen) atoms. The number of hydrogen-bond donors (Lipinski definition) is 1. The Balaban J connectivity index is 2.02. The second-order valence-electron chi connectivity index (χ2n) is 3.03. The van der Waals surface area contributed by atoms with E-state index in [0.29, 0.717) is 6.61 Å².